The molecular formula is C15H13ClF3NS. The SMILES string of the molecule is FC(F)(F)c1cccc(NC2CCCc3sc(Cl)cc32)c1. The molecule has 1 nitrogen and oxygen atoms in total. The van der Waals surface area contributed by atoms with Crippen LogP contribution in [0.15, 0.2) is 30.3 Å². The van der Waals surface area contributed by atoms with Crippen molar-refractivity contribution in [1.29, 1.82) is 0 Å². The minimum absolute atomic E-state index is 0.0287. The fourth-order valence-corrected chi connectivity index (χ4v) is 4.04. The van der Waals surface area contributed by atoms with Gasteiger partial charge in [0.05, 0.1) is 15.9 Å². The van der Waals surface area contributed by atoms with Gasteiger partial charge in [-0.3, -0.25) is 0 Å². The van der Waals surface area contributed by atoms with Crippen molar-refractivity contribution in [2.45, 2.75) is 31.5 Å². The minimum Gasteiger partial charge on any atom is -0.378 e. The molecule has 0 spiro atoms. The monoisotopic (exact) mass is 331 g/mol. The molecule has 1 aromatic heterocycles. The van der Waals surface area contributed by atoms with Gasteiger partial charge in [0.1, 0.15) is 0 Å². The Balaban J connectivity index is 1.85. The van der Waals surface area contributed by atoms with Crippen molar-refractivity contribution in [2.75, 3.05) is 5.32 Å². The van der Waals surface area contributed by atoms with E-state index in [1.165, 1.54) is 10.9 Å². The molecule has 1 N–H and O–H groups in total. The van der Waals surface area contributed by atoms with Crippen molar-refractivity contribution in [3.8, 4) is 0 Å². The molecule has 0 saturated heterocycles. The van der Waals surface area contributed by atoms with E-state index in [-0.39, 0.29) is 6.04 Å². The second-order valence-corrected chi connectivity index (χ2v) is 6.86. The normalized spacial score (nSPS) is 18.4. The highest BCUT2D eigenvalue weighted by Crippen LogP contribution is 2.40. The molecule has 0 radical (unpaired) electrons. The van der Waals surface area contributed by atoms with Crippen molar-refractivity contribution >= 4 is 28.6 Å². The van der Waals surface area contributed by atoms with Crippen molar-refractivity contribution in [1.82, 2.24) is 0 Å². The Labute approximate surface area is 129 Å². The fourth-order valence-electron chi connectivity index (χ4n) is 2.66. The fraction of sp³-hybridized carbons (Fsp3) is 0.333. The smallest absolute Gasteiger partial charge is 0.378 e. The Morgan fingerprint density at radius 1 is 1.24 bits per heavy atom. The molecule has 1 aliphatic rings. The molecule has 1 aromatic carbocycles. The minimum atomic E-state index is -4.32. The van der Waals surface area contributed by atoms with Crippen molar-refractivity contribution in [3.05, 3.63) is 50.7 Å². The summed E-state index contributed by atoms with van der Waals surface area (Å²) >= 11 is 7.60. The number of thiophene rings is 1. The molecule has 21 heavy (non-hydrogen) atoms. The van der Waals surface area contributed by atoms with Crippen LogP contribution in [0.25, 0.3) is 0 Å². The number of nitrogens with one attached hydrogen (secondary N) is 1. The molecular weight excluding hydrogens is 319 g/mol. The molecule has 0 bridgehead atoms. The largest absolute Gasteiger partial charge is 0.416 e. The Morgan fingerprint density at radius 3 is 2.81 bits per heavy atom. The van der Waals surface area contributed by atoms with Gasteiger partial charge in [-0.2, -0.15) is 13.2 Å². The first-order chi connectivity index (χ1) is 9.93. The lowest BCUT2D eigenvalue weighted by molar-refractivity contribution is -0.137. The van der Waals surface area contributed by atoms with Crippen LogP contribution < -0.4 is 5.32 Å². The molecule has 1 heterocycles. The van der Waals surface area contributed by atoms with E-state index in [9.17, 15) is 13.2 Å². The molecule has 3 rings (SSSR count). The first-order valence-electron chi connectivity index (χ1n) is 6.65. The Hall–Kier alpha value is -1.20. The quantitative estimate of drug-likeness (QED) is 0.721. The van der Waals surface area contributed by atoms with Gasteiger partial charge in [-0.05, 0) is 49.1 Å². The van der Waals surface area contributed by atoms with E-state index >= 15 is 0 Å². The summed E-state index contributed by atoms with van der Waals surface area (Å²) in [5.74, 6) is 0. The predicted molar refractivity (Wildman–Crippen MR) is 80.1 cm³/mol. The average molecular weight is 332 g/mol. The third-order valence-electron chi connectivity index (χ3n) is 3.61. The third-order valence-corrected chi connectivity index (χ3v) is 4.95. The molecule has 2 aromatic rings. The number of anilines is 1. The Kier molecular flexibility index (Phi) is 3.88. The first kappa shape index (κ1) is 14.7. The molecule has 0 fully saturated rings. The number of halogens is 4. The van der Waals surface area contributed by atoms with Crippen molar-refractivity contribution in [3.63, 3.8) is 0 Å². The highest BCUT2D eigenvalue weighted by Gasteiger charge is 2.31. The van der Waals surface area contributed by atoms with Crippen LogP contribution in [0.2, 0.25) is 4.34 Å². The summed E-state index contributed by atoms with van der Waals surface area (Å²) in [7, 11) is 0. The van der Waals surface area contributed by atoms with Gasteiger partial charge in [0.15, 0.2) is 0 Å². The lowest BCUT2D eigenvalue weighted by atomic mass is 9.94. The van der Waals surface area contributed by atoms with Crippen LogP contribution in [-0.4, -0.2) is 0 Å². The number of hydrogen-bond acceptors (Lipinski definition) is 2. The maximum absolute atomic E-state index is 12.7. The van der Waals surface area contributed by atoms with Crippen molar-refractivity contribution in [2.24, 2.45) is 0 Å². The van der Waals surface area contributed by atoms with Crippen LogP contribution in [-0.2, 0) is 12.6 Å². The summed E-state index contributed by atoms with van der Waals surface area (Å²) in [4.78, 5) is 1.23. The molecule has 0 aliphatic heterocycles. The van der Waals surface area contributed by atoms with Gasteiger partial charge in [0.25, 0.3) is 0 Å². The third kappa shape index (κ3) is 3.19. The molecule has 0 amide bonds. The number of hydrogen-bond donors (Lipinski definition) is 1. The summed E-state index contributed by atoms with van der Waals surface area (Å²) in [6.45, 7) is 0. The van der Waals surface area contributed by atoms with E-state index in [0.29, 0.717) is 5.69 Å². The predicted octanol–water partition coefficient (Wildman–Crippen LogP) is 5.91. The van der Waals surface area contributed by atoms with Crippen LogP contribution in [0, 0.1) is 0 Å². The number of rotatable bonds is 2. The van der Waals surface area contributed by atoms with E-state index in [0.717, 1.165) is 41.3 Å². The second-order valence-electron chi connectivity index (χ2n) is 5.10. The van der Waals surface area contributed by atoms with E-state index in [1.54, 1.807) is 17.4 Å². The Morgan fingerprint density at radius 2 is 2.05 bits per heavy atom. The number of fused-ring (bicyclic) bond motifs is 1. The van der Waals surface area contributed by atoms with Gasteiger partial charge < -0.3 is 5.32 Å². The summed E-state index contributed by atoms with van der Waals surface area (Å²) < 4.78 is 39.0. The highest BCUT2D eigenvalue weighted by molar-refractivity contribution is 7.16. The Bertz CT molecular complexity index is 651. The molecule has 1 aliphatic carbocycles. The van der Waals surface area contributed by atoms with Gasteiger partial charge in [0.2, 0.25) is 0 Å². The van der Waals surface area contributed by atoms with Crippen LogP contribution in [0.5, 0.6) is 0 Å². The van der Waals surface area contributed by atoms with Gasteiger partial charge in [-0.1, -0.05) is 17.7 Å². The van der Waals surface area contributed by atoms with Gasteiger partial charge in [0, 0.05) is 10.6 Å². The van der Waals surface area contributed by atoms with Crippen LogP contribution in [0.1, 0.15) is 34.9 Å². The van der Waals surface area contributed by atoms with Crippen molar-refractivity contribution < 1.29 is 13.2 Å². The van der Waals surface area contributed by atoms with E-state index in [1.807, 2.05) is 6.07 Å². The topological polar surface area (TPSA) is 12.0 Å². The maximum Gasteiger partial charge on any atom is 0.416 e. The number of benzene rings is 1. The van der Waals surface area contributed by atoms with Crippen LogP contribution >= 0.6 is 22.9 Å². The summed E-state index contributed by atoms with van der Waals surface area (Å²) in [5.41, 5.74) is 0.977. The highest BCUT2D eigenvalue weighted by atomic mass is 35.5. The summed E-state index contributed by atoms with van der Waals surface area (Å²) in [5, 5.41) is 3.21. The number of aryl methyl sites for hydroxylation is 1. The van der Waals surface area contributed by atoms with Crippen LogP contribution in [0.4, 0.5) is 18.9 Å². The zero-order chi connectivity index (χ0) is 15.0. The van der Waals surface area contributed by atoms with E-state index in [4.69, 9.17) is 11.6 Å². The van der Waals surface area contributed by atoms with E-state index < -0.39 is 11.7 Å². The summed E-state index contributed by atoms with van der Waals surface area (Å²) in [6.07, 6.45) is -1.41. The standard InChI is InChI=1S/C15H13ClF3NS/c16-14-8-11-12(5-2-6-13(11)21-14)20-10-4-1-3-9(7-10)15(17,18)19/h1,3-4,7-8,12,20H,2,5-6H2. The lowest BCUT2D eigenvalue weighted by Crippen LogP contribution is -2.16. The average Bonchev–Trinajstić information content (AvgIpc) is 2.80. The maximum atomic E-state index is 12.7. The molecule has 1 unspecified atom stereocenters. The zero-order valence-electron chi connectivity index (χ0n) is 11.0. The molecule has 112 valence electrons. The van der Waals surface area contributed by atoms with Gasteiger partial charge in [-0.25, -0.2) is 0 Å². The van der Waals surface area contributed by atoms with Gasteiger partial charge in [-0.15, -0.1) is 11.3 Å². The van der Waals surface area contributed by atoms with E-state index in [2.05, 4.69) is 5.32 Å². The molecule has 6 heteroatoms. The zero-order valence-corrected chi connectivity index (χ0v) is 12.6. The second kappa shape index (κ2) is 5.54. The molecule has 0 saturated carbocycles. The first-order valence-corrected chi connectivity index (χ1v) is 7.85. The molecule has 1 atom stereocenters. The number of alkyl halides is 3. The van der Waals surface area contributed by atoms with Gasteiger partial charge >= 0.3 is 6.18 Å². The van der Waals surface area contributed by atoms with Crippen LogP contribution in [0.3, 0.4) is 0 Å². The lowest BCUT2D eigenvalue weighted by Gasteiger charge is -2.25. The summed E-state index contributed by atoms with van der Waals surface area (Å²) in [6, 6.07) is 7.28.